The fourth-order valence-corrected chi connectivity index (χ4v) is 3.73. The zero-order valence-corrected chi connectivity index (χ0v) is 16.7. The van der Waals surface area contributed by atoms with Crippen molar-refractivity contribution in [2.45, 2.75) is 38.3 Å². The number of fused-ring (bicyclic) bond motifs is 1. The Morgan fingerprint density at radius 2 is 2.03 bits per heavy atom. The predicted octanol–water partition coefficient (Wildman–Crippen LogP) is 2.20. The summed E-state index contributed by atoms with van der Waals surface area (Å²) >= 11 is 0. The average Bonchev–Trinajstić information content (AvgIpc) is 3.22. The third-order valence-electron chi connectivity index (χ3n) is 5.41. The van der Waals surface area contributed by atoms with Gasteiger partial charge in [-0.15, -0.1) is 0 Å². The number of nitrogens with zero attached hydrogens (tertiary/aromatic N) is 4. The molecule has 156 valence electrons. The van der Waals surface area contributed by atoms with Crippen molar-refractivity contribution in [3.8, 4) is 0 Å². The van der Waals surface area contributed by atoms with Crippen LogP contribution in [0, 0.1) is 5.92 Å². The molecular formula is C21H24N6O3. The first-order chi connectivity index (χ1) is 14.6. The topological polar surface area (TPSA) is 111 Å². The number of methoxy groups -OCH3 is 1. The molecule has 1 aliphatic carbocycles. The fraction of sp³-hybridized carbons (Fsp3) is 0.381. The van der Waals surface area contributed by atoms with Gasteiger partial charge in [0.1, 0.15) is 11.4 Å². The molecule has 1 aliphatic rings. The van der Waals surface area contributed by atoms with Crippen LogP contribution in [0.1, 0.15) is 41.6 Å². The van der Waals surface area contributed by atoms with Crippen molar-refractivity contribution in [1.82, 2.24) is 24.9 Å². The van der Waals surface area contributed by atoms with E-state index in [9.17, 15) is 9.59 Å². The highest BCUT2D eigenvalue weighted by atomic mass is 16.5. The third kappa shape index (κ3) is 4.40. The number of nitrogens with one attached hydrogen (secondary N) is 2. The van der Waals surface area contributed by atoms with Gasteiger partial charge in [-0.05, 0) is 43.4 Å². The minimum Gasteiger partial charge on any atom is -0.469 e. The number of pyridine rings is 1. The van der Waals surface area contributed by atoms with Crippen molar-refractivity contribution < 1.29 is 14.3 Å². The molecule has 0 spiro atoms. The lowest BCUT2D eigenvalue weighted by Crippen LogP contribution is -2.38. The summed E-state index contributed by atoms with van der Waals surface area (Å²) in [6, 6.07) is 5.70. The van der Waals surface area contributed by atoms with Gasteiger partial charge in [-0.25, -0.2) is 9.50 Å². The van der Waals surface area contributed by atoms with Crippen LogP contribution in [0.15, 0.2) is 43.0 Å². The van der Waals surface area contributed by atoms with Gasteiger partial charge in [0.15, 0.2) is 5.65 Å². The first kappa shape index (κ1) is 19.8. The second-order valence-electron chi connectivity index (χ2n) is 7.40. The molecule has 0 saturated heterocycles. The van der Waals surface area contributed by atoms with Crippen LogP contribution in [0.3, 0.4) is 0 Å². The number of hydrogen-bond acceptors (Lipinski definition) is 7. The Morgan fingerprint density at radius 3 is 2.77 bits per heavy atom. The summed E-state index contributed by atoms with van der Waals surface area (Å²) in [6.45, 7) is 0.579. The predicted molar refractivity (Wildman–Crippen MR) is 110 cm³/mol. The van der Waals surface area contributed by atoms with Crippen LogP contribution in [-0.4, -0.2) is 44.6 Å². The number of hydrogen-bond donors (Lipinski definition) is 2. The lowest BCUT2D eigenvalue weighted by atomic mass is 9.86. The van der Waals surface area contributed by atoms with Crippen molar-refractivity contribution >= 4 is 23.3 Å². The fourth-order valence-electron chi connectivity index (χ4n) is 3.73. The molecule has 1 saturated carbocycles. The van der Waals surface area contributed by atoms with E-state index in [0.29, 0.717) is 36.4 Å². The van der Waals surface area contributed by atoms with Crippen LogP contribution in [0.2, 0.25) is 0 Å². The molecule has 0 bridgehead atoms. The first-order valence-electron chi connectivity index (χ1n) is 10.00. The number of ether oxygens (including phenoxy) is 1. The Balaban J connectivity index is 1.41. The molecule has 1 amide bonds. The number of carbonyl (C=O) groups excluding carboxylic acids is 2. The molecule has 2 N–H and O–H groups in total. The van der Waals surface area contributed by atoms with Gasteiger partial charge in [-0.2, -0.15) is 5.10 Å². The molecule has 0 aliphatic heterocycles. The Bertz CT molecular complexity index is 1030. The molecule has 30 heavy (non-hydrogen) atoms. The highest BCUT2D eigenvalue weighted by Crippen LogP contribution is 2.25. The van der Waals surface area contributed by atoms with E-state index in [1.807, 2.05) is 18.2 Å². The van der Waals surface area contributed by atoms with E-state index in [-0.39, 0.29) is 23.8 Å². The maximum Gasteiger partial charge on any atom is 0.308 e. The normalized spacial score (nSPS) is 18.7. The van der Waals surface area contributed by atoms with Gasteiger partial charge in [-0.1, -0.05) is 6.07 Å². The molecule has 3 heterocycles. The Kier molecular flexibility index (Phi) is 5.87. The van der Waals surface area contributed by atoms with Crippen molar-refractivity contribution in [2.75, 3.05) is 12.4 Å². The van der Waals surface area contributed by atoms with Gasteiger partial charge in [0.05, 0.1) is 19.2 Å². The van der Waals surface area contributed by atoms with Crippen molar-refractivity contribution in [1.29, 1.82) is 0 Å². The van der Waals surface area contributed by atoms with Gasteiger partial charge < -0.3 is 15.4 Å². The average molecular weight is 408 g/mol. The second kappa shape index (κ2) is 8.89. The molecule has 0 radical (unpaired) electrons. The molecule has 4 rings (SSSR count). The van der Waals surface area contributed by atoms with Gasteiger partial charge in [0.2, 0.25) is 0 Å². The lowest BCUT2D eigenvalue weighted by Gasteiger charge is -2.27. The van der Waals surface area contributed by atoms with Crippen LogP contribution >= 0.6 is 0 Å². The van der Waals surface area contributed by atoms with E-state index in [0.717, 1.165) is 18.4 Å². The maximum absolute atomic E-state index is 12.8. The number of aromatic nitrogens is 4. The minimum atomic E-state index is -0.205. The van der Waals surface area contributed by atoms with E-state index in [4.69, 9.17) is 4.74 Å². The number of anilines is 1. The van der Waals surface area contributed by atoms with Crippen LogP contribution in [0.25, 0.3) is 5.65 Å². The summed E-state index contributed by atoms with van der Waals surface area (Å²) in [7, 11) is 1.41. The molecule has 9 nitrogen and oxygen atoms in total. The summed E-state index contributed by atoms with van der Waals surface area (Å²) in [5.41, 5.74) is 1.95. The Labute approximate surface area is 173 Å². The maximum atomic E-state index is 12.8. The summed E-state index contributed by atoms with van der Waals surface area (Å²) < 4.78 is 6.40. The standard InChI is InChI=1S/C21H24N6O3/c1-30-21(29)15-4-6-16(7-5-15)25-20(28)17-13-24-27-10-8-18(26-19(17)27)23-12-14-3-2-9-22-11-14/h2-3,8-11,13,15-16H,4-7,12H2,1H3,(H,23,26)(H,25,28). The molecule has 3 aromatic heterocycles. The highest BCUT2D eigenvalue weighted by molar-refractivity contribution is 5.99. The van der Waals surface area contributed by atoms with E-state index < -0.39 is 0 Å². The molecular weight excluding hydrogens is 384 g/mol. The van der Waals surface area contributed by atoms with Gasteiger partial charge in [-0.3, -0.25) is 14.6 Å². The molecule has 1 fully saturated rings. The molecule has 3 aromatic rings. The van der Waals surface area contributed by atoms with E-state index >= 15 is 0 Å². The lowest BCUT2D eigenvalue weighted by molar-refractivity contribution is -0.146. The third-order valence-corrected chi connectivity index (χ3v) is 5.41. The minimum absolute atomic E-state index is 0.0280. The quantitative estimate of drug-likeness (QED) is 0.602. The number of carbonyl (C=O) groups is 2. The van der Waals surface area contributed by atoms with Crippen LogP contribution in [-0.2, 0) is 16.1 Å². The molecule has 0 atom stereocenters. The van der Waals surface area contributed by atoms with Crippen molar-refractivity contribution in [3.63, 3.8) is 0 Å². The summed E-state index contributed by atoms with van der Waals surface area (Å²) in [4.78, 5) is 33.1. The van der Waals surface area contributed by atoms with E-state index in [1.165, 1.54) is 13.3 Å². The Hall–Kier alpha value is -3.49. The van der Waals surface area contributed by atoms with Crippen molar-refractivity contribution in [3.05, 3.63) is 54.1 Å². The zero-order valence-electron chi connectivity index (χ0n) is 16.7. The number of esters is 1. The first-order valence-corrected chi connectivity index (χ1v) is 10.00. The molecule has 9 heteroatoms. The largest absolute Gasteiger partial charge is 0.469 e. The monoisotopic (exact) mass is 408 g/mol. The summed E-state index contributed by atoms with van der Waals surface area (Å²) in [5, 5.41) is 10.5. The number of rotatable bonds is 6. The molecule has 0 unspecified atom stereocenters. The van der Waals surface area contributed by atoms with Crippen LogP contribution < -0.4 is 10.6 Å². The van der Waals surface area contributed by atoms with Crippen LogP contribution in [0.4, 0.5) is 5.82 Å². The van der Waals surface area contributed by atoms with Gasteiger partial charge in [0, 0.05) is 31.2 Å². The van der Waals surface area contributed by atoms with Crippen LogP contribution in [0.5, 0.6) is 0 Å². The summed E-state index contributed by atoms with van der Waals surface area (Å²) in [5.74, 6) is 0.205. The highest BCUT2D eigenvalue weighted by Gasteiger charge is 2.28. The van der Waals surface area contributed by atoms with E-state index in [2.05, 4.69) is 25.7 Å². The SMILES string of the molecule is COC(=O)C1CCC(NC(=O)c2cnn3ccc(NCc4cccnc4)nc23)CC1. The Morgan fingerprint density at radius 1 is 1.20 bits per heavy atom. The summed E-state index contributed by atoms with van der Waals surface area (Å²) in [6.07, 6.45) is 9.74. The smallest absolute Gasteiger partial charge is 0.308 e. The van der Waals surface area contributed by atoms with Gasteiger partial charge in [0.25, 0.3) is 5.91 Å². The van der Waals surface area contributed by atoms with Crippen molar-refractivity contribution in [2.24, 2.45) is 5.92 Å². The van der Waals surface area contributed by atoms with E-state index in [1.54, 1.807) is 23.1 Å². The molecule has 0 aromatic carbocycles. The number of amides is 1. The van der Waals surface area contributed by atoms with Gasteiger partial charge >= 0.3 is 5.97 Å². The zero-order chi connectivity index (χ0) is 20.9. The second-order valence-corrected chi connectivity index (χ2v) is 7.40.